The van der Waals surface area contributed by atoms with Crippen molar-refractivity contribution in [2.75, 3.05) is 13.3 Å². The molecule has 18 heteroatoms. The SMILES string of the molecule is CC(=O)OC[C@H]1O[C@@H](Sc2ccc(C)cc2)[C@H](N(COC2[C@@H](OCc3ccccc3)[C@@H](OCc3ccccc3)C(OCc3ccccc3)[C@@H](OCc3ccccc3)[C@H]2OCc2ccccc2)S(=O)(=O)c2ccc3ccccc3c2)[C@@H](OC(C)=O)[C@@H]1OC(C)=O. The molecule has 0 spiro atoms. The largest absolute Gasteiger partial charge is 0.463 e. The molecule has 11 atom stereocenters. The Morgan fingerprint density at radius 1 is 0.438 bits per heavy atom. The van der Waals surface area contributed by atoms with Crippen molar-refractivity contribution in [3.63, 3.8) is 0 Å². The number of sulfonamides is 1. The molecule has 464 valence electrons. The van der Waals surface area contributed by atoms with Crippen molar-refractivity contribution in [3.05, 3.63) is 252 Å². The van der Waals surface area contributed by atoms with Gasteiger partial charge in [0.25, 0.3) is 0 Å². The van der Waals surface area contributed by atoms with E-state index in [-0.39, 0.29) is 37.9 Å². The van der Waals surface area contributed by atoms with E-state index in [1.807, 2.05) is 201 Å². The number of aryl methyl sites for hydroxylation is 1. The van der Waals surface area contributed by atoms with Gasteiger partial charge in [0.15, 0.2) is 12.2 Å². The lowest BCUT2D eigenvalue weighted by molar-refractivity contribution is -0.295. The summed E-state index contributed by atoms with van der Waals surface area (Å²) in [6.45, 7) is 4.61. The summed E-state index contributed by atoms with van der Waals surface area (Å²) >= 11 is 1.14. The number of hydrogen-bond donors (Lipinski definition) is 0. The molecule has 8 aromatic carbocycles. The lowest BCUT2D eigenvalue weighted by atomic mass is 9.83. The summed E-state index contributed by atoms with van der Waals surface area (Å²) in [6.07, 6.45) is -11.0. The van der Waals surface area contributed by atoms with Crippen molar-refractivity contribution in [2.24, 2.45) is 0 Å². The van der Waals surface area contributed by atoms with Crippen molar-refractivity contribution < 1.29 is 70.2 Å². The van der Waals surface area contributed by atoms with E-state index in [9.17, 15) is 14.4 Å². The van der Waals surface area contributed by atoms with Gasteiger partial charge in [-0.1, -0.05) is 211 Å². The molecule has 0 radical (unpaired) electrons. The number of benzene rings is 8. The molecule has 0 aromatic heterocycles. The summed E-state index contributed by atoms with van der Waals surface area (Å²) in [4.78, 5) is 40.1. The number of nitrogens with zero attached hydrogens (tertiary/aromatic N) is 1. The Bertz CT molecular complexity index is 3550. The van der Waals surface area contributed by atoms with E-state index in [4.69, 9.17) is 47.4 Å². The van der Waals surface area contributed by atoms with E-state index >= 15 is 8.42 Å². The third-order valence-electron chi connectivity index (χ3n) is 15.4. The minimum absolute atomic E-state index is 0.0378. The van der Waals surface area contributed by atoms with E-state index < -0.39 is 108 Å². The zero-order valence-corrected chi connectivity index (χ0v) is 51.6. The van der Waals surface area contributed by atoms with Crippen molar-refractivity contribution >= 4 is 50.5 Å². The molecule has 2 aliphatic rings. The van der Waals surface area contributed by atoms with Crippen LogP contribution in [0.5, 0.6) is 0 Å². The Morgan fingerprint density at radius 3 is 1.22 bits per heavy atom. The summed E-state index contributed by atoms with van der Waals surface area (Å²) in [5, 5.41) is 1.39. The molecular formula is C71H73NO15S2. The van der Waals surface area contributed by atoms with E-state index in [2.05, 4.69) is 0 Å². The number of rotatable bonds is 27. The minimum Gasteiger partial charge on any atom is -0.463 e. The number of ether oxygens (including phenoxy) is 10. The summed E-state index contributed by atoms with van der Waals surface area (Å²) in [5.74, 6) is -2.30. The smallest absolute Gasteiger partial charge is 0.303 e. The Hall–Kier alpha value is -7.59. The predicted molar refractivity (Wildman–Crippen MR) is 335 cm³/mol. The molecule has 1 saturated carbocycles. The molecule has 10 rings (SSSR count). The third kappa shape index (κ3) is 17.2. The molecule has 8 aromatic rings. The van der Waals surface area contributed by atoms with Crippen molar-refractivity contribution in [3.8, 4) is 0 Å². The average Bonchev–Trinajstić information content (AvgIpc) is 1.72. The topological polar surface area (TPSA) is 181 Å². The first-order valence-electron chi connectivity index (χ1n) is 29.5. The molecule has 2 unspecified atom stereocenters. The van der Waals surface area contributed by atoms with Crippen LogP contribution in [0.1, 0.15) is 54.2 Å². The number of thioether (sulfide) groups is 1. The summed E-state index contributed by atoms with van der Waals surface area (Å²) in [6, 6.07) is 66.4. The Labute approximate surface area is 524 Å². The molecule has 1 heterocycles. The van der Waals surface area contributed by atoms with E-state index in [1.165, 1.54) is 26.8 Å². The van der Waals surface area contributed by atoms with E-state index in [0.29, 0.717) is 10.3 Å². The molecule has 0 amide bonds. The Balaban J connectivity index is 1.18. The van der Waals surface area contributed by atoms with Gasteiger partial charge < -0.3 is 47.4 Å². The molecule has 89 heavy (non-hydrogen) atoms. The molecular weight excluding hydrogens is 1170 g/mol. The van der Waals surface area contributed by atoms with Crippen molar-refractivity contribution in [1.82, 2.24) is 4.31 Å². The highest BCUT2D eigenvalue weighted by molar-refractivity contribution is 8.00. The van der Waals surface area contributed by atoms with Gasteiger partial charge in [0.2, 0.25) is 10.0 Å². The van der Waals surface area contributed by atoms with Gasteiger partial charge in [-0.25, -0.2) is 8.42 Å². The van der Waals surface area contributed by atoms with Crippen LogP contribution in [0.4, 0.5) is 0 Å². The van der Waals surface area contributed by atoms with Gasteiger partial charge in [0.1, 0.15) is 67.5 Å². The van der Waals surface area contributed by atoms with Crippen LogP contribution in [-0.2, 0) is 105 Å². The Morgan fingerprint density at radius 2 is 0.820 bits per heavy atom. The fraction of sp³-hybridized carbons (Fsp3) is 0.310. The number of carbonyl (C=O) groups excluding carboxylic acids is 3. The molecule has 1 aliphatic carbocycles. The maximum Gasteiger partial charge on any atom is 0.303 e. The van der Waals surface area contributed by atoms with Crippen LogP contribution in [0.3, 0.4) is 0 Å². The van der Waals surface area contributed by atoms with Gasteiger partial charge in [-0.05, 0) is 69.8 Å². The number of hydrogen-bond acceptors (Lipinski definition) is 16. The zero-order valence-electron chi connectivity index (χ0n) is 50.0. The highest BCUT2D eigenvalue weighted by Crippen LogP contribution is 2.42. The second kappa shape index (κ2) is 31.2. The monoisotopic (exact) mass is 1240 g/mol. The van der Waals surface area contributed by atoms with Gasteiger partial charge >= 0.3 is 17.9 Å². The highest BCUT2D eigenvalue weighted by atomic mass is 32.2. The Kier molecular flexibility index (Phi) is 22.6. The van der Waals surface area contributed by atoms with Gasteiger partial charge in [-0.2, -0.15) is 4.31 Å². The molecule has 16 nitrogen and oxygen atoms in total. The first-order valence-corrected chi connectivity index (χ1v) is 31.9. The molecule has 0 bridgehead atoms. The zero-order chi connectivity index (χ0) is 62.1. The highest BCUT2D eigenvalue weighted by Gasteiger charge is 2.58. The van der Waals surface area contributed by atoms with Gasteiger partial charge in [0, 0.05) is 25.7 Å². The fourth-order valence-electron chi connectivity index (χ4n) is 11.1. The summed E-state index contributed by atoms with van der Waals surface area (Å²) in [5.41, 5.74) is 3.88. The quantitative estimate of drug-likeness (QED) is 0.0269. The van der Waals surface area contributed by atoms with Crippen LogP contribution in [0.25, 0.3) is 10.8 Å². The van der Waals surface area contributed by atoms with E-state index in [1.54, 1.807) is 18.2 Å². The second-order valence-electron chi connectivity index (χ2n) is 21.9. The predicted octanol–water partition coefficient (Wildman–Crippen LogP) is 11.7. The van der Waals surface area contributed by atoms with Crippen molar-refractivity contribution in [1.29, 1.82) is 0 Å². The van der Waals surface area contributed by atoms with E-state index in [0.717, 1.165) is 54.8 Å². The van der Waals surface area contributed by atoms with Crippen LogP contribution in [-0.4, -0.2) is 110 Å². The van der Waals surface area contributed by atoms with Crippen LogP contribution >= 0.6 is 11.8 Å². The maximum atomic E-state index is 16.5. The maximum absolute atomic E-state index is 16.5. The number of carbonyl (C=O) groups is 3. The molecule has 1 aliphatic heterocycles. The average molecular weight is 1240 g/mol. The van der Waals surface area contributed by atoms with Crippen LogP contribution in [0.2, 0.25) is 0 Å². The first kappa shape index (κ1) is 64.4. The molecule has 0 N–H and O–H groups in total. The third-order valence-corrected chi connectivity index (χ3v) is 18.3. The minimum atomic E-state index is -4.87. The van der Waals surface area contributed by atoms with Crippen LogP contribution in [0.15, 0.2) is 228 Å². The molecule has 2 fully saturated rings. The van der Waals surface area contributed by atoms with Gasteiger partial charge in [-0.15, -0.1) is 0 Å². The fourth-order valence-corrected chi connectivity index (χ4v) is 13.9. The van der Waals surface area contributed by atoms with Gasteiger partial charge in [0.05, 0.1) is 37.9 Å². The summed E-state index contributed by atoms with van der Waals surface area (Å²) in [7, 11) is -4.87. The normalized spacial score (nSPS) is 22.7. The van der Waals surface area contributed by atoms with Crippen LogP contribution < -0.4 is 0 Å². The second-order valence-corrected chi connectivity index (χ2v) is 24.9. The van der Waals surface area contributed by atoms with Gasteiger partial charge in [-0.3, -0.25) is 14.4 Å². The lowest BCUT2D eigenvalue weighted by Gasteiger charge is -2.51. The lowest BCUT2D eigenvalue weighted by Crippen LogP contribution is -2.69. The van der Waals surface area contributed by atoms with Crippen LogP contribution in [0, 0.1) is 6.92 Å². The number of fused-ring (bicyclic) bond motifs is 1. The summed E-state index contributed by atoms with van der Waals surface area (Å²) < 4.78 is 102. The standard InChI is InChI=1S/C71H73NO15S2/c1-48-34-37-59(38-35-48)88-71-62(64(86-51(4)75)63(85-50(3)74)61(87-71)46-78-49(2)73)72(89(76,77)60-39-36-57-32-20-21-33-58(57)40-60)47-84-70-68(82-44-55-28-16-8-17-29-55)66(80-42-53-24-12-6-13-25-53)65(79-41-52-22-10-5-11-23-52)67(81-43-54-26-14-7-15-27-54)69(70)83-45-56-30-18-9-19-31-56/h5-40,61-71H,41-47H2,1-4H3/t61-,62-,63-,64-,65?,66-,67+,68-,69+,70?,71+/m1/s1. The van der Waals surface area contributed by atoms with Crippen molar-refractivity contribution in [2.45, 2.75) is 137 Å². The molecule has 1 saturated heterocycles. The first-order chi connectivity index (χ1) is 43.3. The number of esters is 3.